The number of phosphoric acid groups is 2. The van der Waals surface area contributed by atoms with Crippen LogP contribution in [0.25, 0.3) is 0 Å². The molecule has 17 nitrogen and oxygen atoms in total. The van der Waals surface area contributed by atoms with Gasteiger partial charge in [-0.1, -0.05) is 275 Å². The highest BCUT2D eigenvalue weighted by Gasteiger charge is 2.30. The van der Waals surface area contributed by atoms with Crippen LogP contribution in [0, 0.1) is 0 Å². The normalized spacial score (nSPS) is 14.3. The Morgan fingerprint density at radius 1 is 0.302 bits per heavy atom. The molecule has 560 valence electrons. The summed E-state index contributed by atoms with van der Waals surface area (Å²) in [7, 11) is -9.94. The lowest BCUT2D eigenvalue weighted by atomic mass is 10.0. The third kappa shape index (κ3) is 69.2. The fraction of sp³-hybridized carbons (Fsp3) is 0.818. The molecule has 0 saturated carbocycles. The zero-order chi connectivity index (χ0) is 70.4. The molecule has 0 aliphatic rings. The monoisotopic (exact) mass is 1400 g/mol. The molecule has 96 heavy (non-hydrogen) atoms. The van der Waals surface area contributed by atoms with E-state index in [-0.39, 0.29) is 25.7 Å². The molecule has 0 aliphatic heterocycles. The molecule has 0 spiro atoms. The second-order valence-corrected chi connectivity index (χ2v) is 28.9. The van der Waals surface area contributed by atoms with Gasteiger partial charge >= 0.3 is 39.5 Å². The van der Waals surface area contributed by atoms with Crippen molar-refractivity contribution in [2.45, 2.75) is 367 Å². The van der Waals surface area contributed by atoms with Crippen molar-refractivity contribution in [3.8, 4) is 0 Å². The van der Waals surface area contributed by atoms with Gasteiger partial charge in [0.05, 0.1) is 26.4 Å². The van der Waals surface area contributed by atoms with Crippen molar-refractivity contribution in [1.82, 2.24) is 0 Å². The molecular formula is C77H140O17P2. The molecule has 0 saturated heterocycles. The Bertz CT molecular complexity index is 2060. The number of hydrogen-bond donors (Lipinski definition) is 3. The highest BCUT2D eigenvalue weighted by molar-refractivity contribution is 7.47. The number of phosphoric ester groups is 2. The number of allylic oxidation sites excluding steroid dienone is 10. The third-order valence-electron chi connectivity index (χ3n) is 16.5. The summed E-state index contributed by atoms with van der Waals surface area (Å²) in [5.41, 5.74) is 0. The molecule has 0 aromatic rings. The van der Waals surface area contributed by atoms with Crippen molar-refractivity contribution in [2.24, 2.45) is 0 Å². The minimum absolute atomic E-state index is 0.0788. The Kier molecular flexibility index (Phi) is 67.8. The molecule has 0 aromatic carbocycles. The zero-order valence-electron chi connectivity index (χ0n) is 61.1. The highest BCUT2D eigenvalue weighted by atomic mass is 31.2. The van der Waals surface area contributed by atoms with Crippen molar-refractivity contribution < 1.29 is 80.2 Å². The van der Waals surface area contributed by atoms with E-state index in [2.05, 4.69) is 88.5 Å². The van der Waals surface area contributed by atoms with Crippen molar-refractivity contribution in [3.05, 3.63) is 60.8 Å². The van der Waals surface area contributed by atoms with E-state index in [1.54, 1.807) is 0 Å². The molecule has 2 unspecified atom stereocenters. The maximum absolute atomic E-state index is 13.1. The smallest absolute Gasteiger partial charge is 0.462 e. The summed E-state index contributed by atoms with van der Waals surface area (Å²) in [5.74, 6) is -2.19. The van der Waals surface area contributed by atoms with Crippen molar-refractivity contribution in [3.63, 3.8) is 0 Å². The number of aliphatic hydroxyl groups excluding tert-OH is 1. The number of ether oxygens (including phenoxy) is 4. The van der Waals surface area contributed by atoms with E-state index in [9.17, 15) is 43.2 Å². The fourth-order valence-electron chi connectivity index (χ4n) is 10.5. The van der Waals surface area contributed by atoms with E-state index >= 15 is 0 Å². The molecule has 3 N–H and O–H groups in total. The lowest BCUT2D eigenvalue weighted by molar-refractivity contribution is -0.161. The molecule has 0 radical (unpaired) electrons. The van der Waals surface area contributed by atoms with E-state index in [0.717, 1.165) is 141 Å². The first-order valence-corrected chi connectivity index (χ1v) is 41.5. The quantitative estimate of drug-likeness (QED) is 0.0128. The Morgan fingerprint density at radius 3 is 0.875 bits per heavy atom. The SMILES string of the molecule is CCCCC/C=C\C/C=C\CCCCCCCC(=O)O[C@H](COC(=O)CCCCCCC/C=C\C=C/CCCCCC)COP(=O)(O)OC[C@H](O)COP(=O)(O)OC[C@@H](COC(=O)CCCCCCCCCCCCCCC)OC(=O)CCCCCCC/C=C\CCCCCC. The van der Waals surface area contributed by atoms with Gasteiger partial charge in [-0.3, -0.25) is 37.3 Å². The van der Waals surface area contributed by atoms with E-state index < -0.39 is 97.5 Å². The summed E-state index contributed by atoms with van der Waals surface area (Å²) in [6.45, 7) is 4.82. The predicted molar refractivity (Wildman–Crippen MR) is 390 cm³/mol. The molecule has 0 aliphatic carbocycles. The summed E-state index contributed by atoms with van der Waals surface area (Å²) in [4.78, 5) is 72.8. The van der Waals surface area contributed by atoms with Gasteiger partial charge in [0.25, 0.3) is 0 Å². The standard InChI is InChI=1S/C77H140O17P2/c1-5-9-13-17-21-25-29-33-35-39-42-46-50-54-58-62-75(80)88-68-73(94-77(82)64-60-56-52-48-44-40-36-34-30-26-22-18-14-10-6-2)70-92-96(85,86)90-66-71(78)65-89-95(83,84)91-69-72(93-76(81)63-59-55-51-47-43-38-32-28-24-20-16-12-8-4)67-87-74(79)61-57-53-49-45-41-37-31-27-23-19-15-11-7-3/h22,25-26,28-29,32-36,71-73,78H,5-21,23-24,27,30-31,37-70H2,1-4H3,(H,83,84)(H,85,86)/b26-22-,29-25-,32-28-,35-33-,36-34-/t71-,72-,73-/m1/s1. The summed E-state index contributed by atoms with van der Waals surface area (Å²) < 4.78 is 68.4. The van der Waals surface area contributed by atoms with Crippen LogP contribution >= 0.6 is 15.6 Å². The number of esters is 4. The number of carbonyl (C=O) groups is 4. The van der Waals surface area contributed by atoms with Crippen LogP contribution in [0.5, 0.6) is 0 Å². The predicted octanol–water partition coefficient (Wildman–Crippen LogP) is 21.9. The van der Waals surface area contributed by atoms with Gasteiger partial charge in [-0.2, -0.15) is 0 Å². The summed E-state index contributed by atoms with van der Waals surface area (Å²) in [6, 6.07) is 0. The molecule has 0 heterocycles. The largest absolute Gasteiger partial charge is 0.472 e. The number of rotatable bonds is 73. The van der Waals surface area contributed by atoms with Crippen LogP contribution in [-0.2, 0) is 65.4 Å². The zero-order valence-corrected chi connectivity index (χ0v) is 62.8. The Balaban J connectivity index is 5.34. The molecule has 0 fully saturated rings. The summed E-state index contributed by atoms with van der Waals surface area (Å²) in [6.07, 6.45) is 67.7. The molecule has 0 rings (SSSR count). The van der Waals surface area contributed by atoms with E-state index in [4.69, 9.17) is 37.0 Å². The first-order chi connectivity index (χ1) is 46.7. The molecule has 0 aromatic heterocycles. The number of carbonyl (C=O) groups excluding carboxylic acids is 4. The fourth-order valence-corrected chi connectivity index (χ4v) is 12.1. The average Bonchev–Trinajstić information content (AvgIpc) is 1.43. The third-order valence-corrected chi connectivity index (χ3v) is 18.4. The number of unbranched alkanes of at least 4 members (excludes halogenated alkanes) is 38. The van der Waals surface area contributed by atoms with Crippen LogP contribution in [-0.4, -0.2) is 96.7 Å². The minimum Gasteiger partial charge on any atom is -0.462 e. The summed E-state index contributed by atoms with van der Waals surface area (Å²) >= 11 is 0. The van der Waals surface area contributed by atoms with Gasteiger partial charge < -0.3 is 33.8 Å². The number of hydrogen-bond acceptors (Lipinski definition) is 15. The Morgan fingerprint density at radius 2 is 0.542 bits per heavy atom. The number of aliphatic hydroxyl groups is 1. The molecule has 5 atom stereocenters. The van der Waals surface area contributed by atoms with Crippen LogP contribution in [0.3, 0.4) is 0 Å². The Hall–Kier alpha value is -3.24. The van der Waals surface area contributed by atoms with Gasteiger partial charge in [-0.05, 0) is 109 Å². The van der Waals surface area contributed by atoms with Gasteiger partial charge in [0.2, 0.25) is 0 Å². The second kappa shape index (κ2) is 70.2. The topological polar surface area (TPSA) is 237 Å². The average molecular weight is 1400 g/mol. The minimum atomic E-state index is -4.97. The second-order valence-electron chi connectivity index (χ2n) is 26.0. The first-order valence-electron chi connectivity index (χ1n) is 38.5. The summed E-state index contributed by atoms with van der Waals surface area (Å²) in [5, 5.41) is 10.6. The van der Waals surface area contributed by atoms with Gasteiger partial charge in [0.1, 0.15) is 19.3 Å². The van der Waals surface area contributed by atoms with E-state index in [1.165, 1.54) is 128 Å². The van der Waals surface area contributed by atoms with Crippen LogP contribution in [0.15, 0.2) is 60.8 Å². The van der Waals surface area contributed by atoms with Crippen LogP contribution in [0.1, 0.15) is 349 Å². The van der Waals surface area contributed by atoms with Crippen molar-refractivity contribution >= 4 is 39.5 Å². The highest BCUT2D eigenvalue weighted by Crippen LogP contribution is 2.45. The van der Waals surface area contributed by atoms with Gasteiger partial charge in [-0.25, -0.2) is 9.13 Å². The first kappa shape index (κ1) is 92.8. The molecular weight excluding hydrogens is 1260 g/mol. The molecule has 0 bridgehead atoms. The maximum Gasteiger partial charge on any atom is 0.472 e. The van der Waals surface area contributed by atoms with Gasteiger partial charge in [0, 0.05) is 25.7 Å². The van der Waals surface area contributed by atoms with Crippen molar-refractivity contribution in [1.29, 1.82) is 0 Å². The van der Waals surface area contributed by atoms with Crippen LogP contribution < -0.4 is 0 Å². The maximum atomic E-state index is 13.1. The van der Waals surface area contributed by atoms with Crippen LogP contribution in [0.2, 0.25) is 0 Å². The van der Waals surface area contributed by atoms with Crippen molar-refractivity contribution in [2.75, 3.05) is 39.6 Å². The van der Waals surface area contributed by atoms with Crippen LogP contribution in [0.4, 0.5) is 0 Å². The lowest BCUT2D eigenvalue weighted by Gasteiger charge is -2.21. The van der Waals surface area contributed by atoms with Gasteiger partial charge in [-0.15, -0.1) is 0 Å². The van der Waals surface area contributed by atoms with Gasteiger partial charge in [0.15, 0.2) is 12.2 Å². The molecule has 0 amide bonds. The Labute approximate surface area is 584 Å². The van der Waals surface area contributed by atoms with E-state index in [0.29, 0.717) is 25.7 Å². The van der Waals surface area contributed by atoms with E-state index in [1.807, 2.05) is 0 Å². The molecule has 19 heteroatoms. The lowest BCUT2D eigenvalue weighted by Crippen LogP contribution is -2.30.